The lowest BCUT2D eigenvalue weighted by Crippen LogP contribution is -2.46. The molecule has 1 aliphatic heterocycles. The third-order valence-corrected chi connectivity index (χ3v) is 7.89. The van der Waals surface area contributed by atoms with E-state index in [4.69, 9.17) is 27.5 Å². The zero-order valence-corrected chi connectivity index (χ0v) is 23.8. The minimum absolute atomic E-state index is 0.0379. The molecule has 1 saturated carbocycles. The number of carbonyl (C=O) groups excluding carboxylic acids is 1. The van der Waals surface area contributed by atoms with Gasteiger partial charge in [0, 0.05) is 18.9 Å². The summed E-state index contributed by atoms with van der Waals surface area (Å²) >= 11 is 4.76. The molecule has 0 spiro atoms. The Morgan fingerprint density at radius 2 is 1.67 bits per heavy atom. The molecule has 8 nitrogen and oxygen atoms in total. The molecular formula is C30H33F3N4O4S. The van der Waals surface area contributed by atoms with Crippen LogP contribution in [0.3, 0.4) is 0 Å². The molecule has 0 radical (unpaired) electrons. The summed E-state index contributed by atoms with van der Waals surface area (Å²) in [7, 11) is 0. The number of carboxylic acids is 1. The van der Waals surface area contributed by atoms with Gasteiger partial charge in [0.25, 0.3) is 5.56 Å². The van der Waals surface area contributed by atoms with Crippen molar-refractivity contribution in [2.75, 3.05) is 19.6 Å². The predicted molar refractivity (Wildman–Crippen MR) is 155 cm³/mol. The Morgan fingerprint density at radius 1 is 1.05 bits per heavy atom. The largest absolute Gasteiger partial charge is 0.490 e. The first-order chi connectivity index (χ1) is 20.1. The van der Waals surface area contributed by atoms with Gasteiger partial charge in [0.15, 0.2) is 0 Å². The van der Waals surface area contributed by atoms with Gasteiger partial charge in [-0.3, -0.25) is 14.2 Å². The molecule has 1 fully saturated rings. The lowest BCUT2D eigenvalue weighted by molar-refractivity contribution is -0.192. The van der Waals surface area contributed by atoms with Gasteiger partial charge in [-0.25, -0.2) is 9.78 Å². The molecule has 1 amide bonds. The predicted octanol–water partition coefficient (Wildman–Crippen LogP) is 4.67. The summed E-state index contributed by atoms with van der Waals surface area (Å²) < 4.78 is 33.5. The van der Waals surface area contributed by atoms with Crippen molar-refractivity contribution in [2.24, 2.45) is 0 Å². The van der Waals surface area contributed by atoms with Crippen LogP contribution in [0.2, 0.25) is 0 Å². The van der Waals surface area contributed by atoms with E-state index < -0.39 is 17.5 Å². The van der Waals surface area contributed by atoms with Gasteiger partial charge >= 0.3 is 12.1 Å². The maximum Gasteiger partial charge on any atom is 0.490 e. The molecule has 2 N–H and O–H groups in total. The summed E-state index contributed by atoms with van der Waals surface area (Å²) in [5, 5.41) is 9.79. The topological polar surface area (TPSA) is 105 Å². The number of amides is 1. The first kappa shape index (κ1) is 31.3. The highest BCUT2D eigenvalue weighted by atomic mass is 32.1. The summed E-state index contributed by atoms with van der Waals surface area (Å²) in [5.74, 6) is -1.63. The molecule has 42 heavy (non-hydrogen) atoms. The minimum atomic E-state index is -5.08. The molecule has 2 aliphatic rings. The Kier molecular flexibility index (Phi) is 10.4. The molecule has 0 bridgehead atoms. The number of carbonyl (C=O) groups is 2. The second-order valence-corrected chi connectivity index (χ2v) is 10.7. The molecule has 2 heterocycles. The van der Waals surface area contributed by atoms with Crippen LogP contribution in [0.1, 0.15) is 59.6 Å². The summed E-state index contributed by atoms with van der Waals surface area (Å²) in [6.45, 7) is 1.52. The van der Waals surface area contributed by atoms with E-state index in [0.29, 0.717) is 24.4 Å². The van der Waals surface area contributed by atoms with Gasteiger partial charge in [-0.2, -0.15) is 13.2 Å². The van der Waals surface area contributed by atoms with Crippen LogP contribution in [-0.2, 0) is 22.4 Å². The van der Waals surface area contributed by atoms with Gasteiger partial charge in [0.2, 0.25) is 5.91 Å². The second-order valence-electron chi connectivity index (χ2n) is 10.2. The third-order valence-electron chi connectivity index (χ3n) is 7.35. The highest BCUT2D eigenvalue weighted by Gasteiger charge is 2.38. The highest BCUT2D eigenvalue weighted by molar-refractivity contribution is 7.80. The number of aromatic nitrogens is 2. The Hall–Kier alpha value is -3.64. The lowest BCUT2D eigenvalue weighted by atomic mass is 9.84. The van der Waals surface area contributed by atoms with E-state index in [1.165, 1.54) is 12.0 Å². The fourth-order valence-corrected chi connectivity index (χ4v) is 5.44. The first-order valence-electron chi connectivity index (χ1n) is 13.8. The van der Waals surface area contributed by atoms with Crippen LogP contribution in [-0.4, -0.2) is 57.2 Å². The number of rotatable bonds is 8. The van der Waals surface area contributed by atoms with Crippen LogP contribution in [0, 0.1) is 0 Å². The fourth-order valence-electron chi connectivity index (χ4n) is 4.94. The SMILES string of the molecule is O=C(CNCCCc1ccccc1)N1CCc2nc(C3CCC3)n(-c3ccccc3)c(=O)c2C1S.O=C(O)C(F)(F)F. The zero-order chi connectivity index (χ0) is 30.3. The van der Waals surface area contributed by atoms with Crippen molar-refractivity contribution in [3.63, 3.8) is 0 Å². The third kappa shape index (κ3) is 7.60. The van der Waals surface area contributed by atoms with E-state index in [1.54, 1.807) is 9.47 Å². The van der Waals surface area contributed by atoms with Gasteiger partial charge in [-0.1, -0.05) is 55.0 Å². The Morgan fingerprint density at radius 3 is 2.24 bits per heavy atom. The van der Waals surface area contributed by atoms with Gasteiger partial charge in [0.05, 0.1) is 23.5 Å². The van der Waals surface area contributed by atoms with Crippen molar-refractivity contribution >= 4 is 24.5 Å². The van der Waals surface area contributed by atoms with E-state index in [2.05, 4.69) is 17.4 Å². The van der Waals surface area contributed by atoms with Crippen molar-refractivity contribution < 1.29 is 27.9 Å². The Bertz CT molecular complexity index is 1430. The highest BCUT2D eigenvalue weighted by Crippen LogP contribution is 2.37. The molecular weight excluding hydrogens is 569 g/mol. The number of carboxylic acid groups (broad SMARTS) is 1. The van der Waals surface area contributed by atoms with E-state index in [1.807, 2.05) is 48.5 Å². The number of benzene rings is 2. The van der Waals surface area contributed by atoms with Crippen LogP contribution >= 0.6 is 12.6 Å². The molecule has 2 aromatic carbocycles. The standard InChI is InChI=1S/C28H32N4O2S.C2HF3O2/c33-24(19-29-17-8-11-20-9-3-1-4-10-20)31-18-16-23-25(28(31)35)27(34)32(22-14-5-2-6-15-22)26(30-23)21-12-7-13-21;3-2(4,5)1(6)7/h1-6,9-10,14-15,21,28-29,35H,7-8,11-13,16-19H2;(H,6,7). The number of nitrogens with zero attached hydrogens (tertiary/aromatic N) is 3. The van der Waals surface area contributed by atoms with Crippen molar-refractivity contribution in [1.29, 1.82) is 0 Å². The monoisotopic (exact) mass is 602 g/mol. The van der Waals surface area contributed by atoms with Gasteiger partial charge in [-0.15, -0.1) is 12.6 Å². The van der Waals surface area contributed by atoms with Crippen LogP contribution in [0.4, 0.5) is 13.2 Å². The molecule has 3 aromatic rings. The van der Waals surface area contributed by atoms with Gasteiger partial charge in [-0.05, 0) is 49.9 Å². The smallest absolute Gasteiger partial charge is 0.475 e. The number of alkyl halides is 3. The number of para-hydroxylation sites is 1. The van der Waals surface area contributed by atoms with Gasteiger partial charge in [0.1, 0.15) is 11.2 Å². The molecule has 1 atom stereocenters. The number of aliphatic carboxylic acids is 1. The summed E-state index contributed by atoms with van der Waals surface area (Å²) in [4.78, 5) is 42.4. The molecule has 1 aromatic heterocycles. The minimum Gasteiger partial charge on any atom is -0.475 e. The number of hydrogen-bond acceptors (Lipinski definition) is 6. The molecule has 5 rings (SSSR count). The van der Waals surface area contributed by atoms with E-state index in [9.17, 15) is 22.8 Å². The van der Waals surface area contributed by atoms with Crippen LogP contribution in [0.5, 0.6) is 0 Å². The average Bonchev–Trinajstić information content (AvgIpc) is 2.93. The molecule has 0 saturated heterocycles. The number of nitrogens with one attached hydrogen (secondary N) is 1. The fraction of sp³-hybridized carbons (Fsp3) is 0.400. The first-order valence-corrected chi connectivity index (χ1v) is 14.3. The molecule has 1 aliphatic carbocycles. The van der Waals surface area contributed by atoms with Crippen LogP contribution in [0.15, 0.2) is 65.5 Å². The van der Waals surface area contributed by atoms with Gasteiger partial charge < -0.3 is 15.3 Å². The molecule has 12 heteroatoms. The second kappa shape index (κ2) is 14.0. The summed E-state index contributed by atoms with van der Waals surface area (Å²) in [6, 6.07) is 20.0. The average molecular weight is 603 g/mol. The Balaban J connectivity index is 0.000000517. The lowest BCUT2D eigenvalue weighted by Gasteiger charge is -2.35. The van der Waals surface area contributed by atoms with Crippen molar-refractivity contribution in [1.82, 2.24) is 19.8 Å². The van der Waals surface area contributed by atoms with Crippen molar-refractivity contribution in [2.45, 2.75) is 56.0 Å². The summed E-state index contributed by atoms with van der Waals surface area (Å²) in [5.41, 5.74) is 3.34. The van der Waals surface area contributed by atoms with E-state index in [-0.39, 0.29) is 18.0 Å². The number of hydrogen-bond donors (Lipinski definition) is 3. The normalized spacial score (nSPS) is 16.6. The number of thiol groups is 1. The summed E-state index contributed by atoms with van der Waals surface area (Å²) in [6.07, 6.45) is 0.715. The van der Waals surface area contributed by atoms with Crippen molar-refractivity contribution in [3.05, 3.63) is 93.7 Å². The molecule has 224 valence electrons. The maximum absolute atomic E-state index is 13.8. The van der Waals surface area contributed by atoms with Crippen LogP contribution in [0.25, 0.3) is 5.69 Å². The quantitative estimate of drug-likeness (QED) is 0.256. The van der Waals surface area contributed by atoms with E-state index >= 15 is 0 Å². The number of halogens is 3. The Labute approximate surface area is 247 Å². The number of aryl methyl sites for hydroxylation is 1. The van der Waals surface area contributed by atoms with Crippen LogP contribution < -0.4 is 10.9 Å². The number of fused-ring (bicyclic) bond motifs is 1. The van der Waals surface area contributed by atoms with Crippen molar-refractivity contribution in [3.8, 4) is 5.69 Å². The molecule has 1 unspecified atom stereocenters. The maximum atomic E-state index is 13.8. The van der Waals surface area contributed by atoms with E-state index in [0.717, 1.165) is 49.4 Å². The zero-order valence-electron chi connectivity index (χ0n) is 22.9.